The second kappa shape index (κ2) is 3.94. The Hall–Kier alpha value is -1.49. The predicted molar refractivity (Wildman–Crippen MR) is 60.6 cm³/mol. The molecule has 0 radical (unpaired) electrons. The highest BCUT2D eigenvalue weighted by molar-refractivity contribution is 7.80. The van der Waals surface area contributed by atoms with Gasteiger partial charge in [-0.25, -0.2) is 0 Å². The molecule has 0 spiro atoms. The molecule has 1 saturated carbocycles. The number of nitrogens with two attached hydrogens (primary N) is 1. The van der Waals surface area contributed by atoms with Gasteiger partial charge >= 0.3 is 0 Å². The van der Waals surface area contributed by atoms with Crippen LogP contribution in [-0.2, 0) is 0 Å². The van der Waals surface area contributed by atoms with Crippen LogP contribution in [0, 0.1) is 0 Å². The van der Waals surface area contributed by atoms with Gasteiger partial charge in [0.1, 0.15) is 10.7 Å². The molecule has 5 heteroatoms. The van der Waals surface area contributed by atoms with Crippen molar-refractivity contribution in [1.82, 2.24) is 10.3 Å². The Morgan fingerprint density at radius 3 is 2.73 bits per heavy atom. The molecule has 1 fully saturated rings. The predicted octanol–water partition coefficient (Wildman–Crippen LogP) is 0.608. The van der Waals surface area contributed by atoms with E-state index in [1.54, 1.807) is 12.1 Å². The first-order valence-corrected chi connectivity index (χ1v) is 5.14. The molecule has 15 heavy (non-hydrogen) atoms. The molecule has 1 aromatic heterocycles. The molecule has 0 atom stereocenters. The SMILES string of the molecule is NC(=S)c1ccc(C(=O)NC2CC2)nc1. The second-order valence-corrected chi connectivity index (χ2v) is 3.98. The molecule has 1 aromatic rings. The number of carbonyl (C=O) groups is 1. The van der Waals surface area contributed by atoms with Crippen LogP contribution in [0.15, 0.2) is 18.3 Å². The van der Waals surface area contributed by atoms with E-state index >= 15 is 0 Å². The first kappa shape index (κ1) is 10.0. The quantitative estimate of drug-likeness (QED) is 0.734. The number of rotatable bonds is 3. The summed E-state index contributed by atoms with van der Waals surface area (Å²) in [6.45, 7) is 0. The number of aromatic nitrogens is 1. The minimum absolute atomic E-state index is 0.132. The highest BCUT2D eigenvalue weighted by Crippen LogP contribution is 2.19. The molecule has 1 amide bonds. The Bertz CT molecular complexity index is 398. The van der Waals surface area contributed by atoms with Crippen LogP contribution < -0.4 is 11.1 Å². The van der Waals surface area contributed by atoms with E-state index in [-0.39, 0.29) is 10.9 Å². The standard InChI is InChI=1S/C10H11N3OS/c11-9(15)6-1-4-8(12-5-6)10(14)13-7-2-3-7/h1,4-5,7H,2-3H2,(H2,11,15)(H,13,14). The molecule has 0 aliphatic heterocycles. The normalized spacial score (nSPS) is 14.7. The van der Waals surface area contributed by atoms with Crippen molar-refractivity contribution >= 4 is 23.1 Å². The molecule has 1 aliphatic rings. The van der Waals surface area contributed by atoms with Gasteiger partial charge in [0.2, 0.25) is 0 Å². The maximum atomic E-state index is 11.5. The summed E-state index contributed by atoms with van der Waals surface area (Å²) in [5.41, 5.74) is 6.50. The van der Waals surface area contributed by atoms with Crippen LogP contribution >= 0.6 is 12.2 Å². The minimum atomic E-state index is -0.132. The maximum absolute atomic E-state index is 11.5. The van der Waals surface area contributed by atoms with Gasteiger partial charge in [-0.3, -0.25) is 9.78 Å². The van der Waals surface area contributed by atoms with Crippen LogP contribution in [0.1, 0.15) is 28.9 Å². The van der Waals surface area contributed by atoms with Crippen molar-refractivity contribution in [3.8, 4) is 0 Å². The fraction of sp³-hybridized carbons (Fsp3) is 0.300. The van der Waals surface area contributed by atoms with Crippen LogP contribution in [0.4, 0.5) is 0 Å². The average molecular weight is 221 g/mol. The van der Waals surface area contributed by atoms with E-state index in [1.807, 2.05) is 0 Å². The van der Waals surface area contributed by atoms with E-state index in [0.717, 1.165) is 12.8 Å². The molecule has 0 saturated heterocycles. The third kappa shape index (κ3) is 2.50. The number of pyridine rings is 1. The number of nitrogens with one attached hydrogen (secondary N) is 1. The number of carbonyl (C=O) groups excluding carboxylic acids is 1. The molecule has 3 N–H and O–H groups in total. The van der Waals surface area contributed by atoms with Crippen molar-refractivity contribution < 1.29 is 4.79 Å². The summed E-state index contributed by atoms with van der Waals surface area (Å²) in [6.07, 6.45) is 3.65. The lowest BCUT2D eigenvalue weighted by Gasteiger charge is -2.03. The van der Waals surface area contributed by atoms with E-state index in [4.69, 9.17) is 18.0 Å². The molecule has 0 bridgehead atoms. The van der Waals surface area contributed by atoms with E-state index in [2.05, 4.69) is 10.3 Å². The molecule has 0 unspecified atom stereocenters. The largest absolute Gasteiger partial charge is 0.389 e. The topological polar surface area (TPSA) is 68.0 Å². The molecule has 0 aromatic carbocycles. The molecule has 4 nitrogen and oxygen atoms in total. The van der Waals surface area contributed by atoms with E-state index in [9.17, 15) is 4.79 Å². The summed E-state index contributed by atoms with van der Waals surface area (Å²) < 4.78 is 0. The van der Waals surface area contributed by atoms with Gasteiger partial charge in [-0.1, -0.05) is 12.2 Å². The van der Waals surface area contributed by atoms with Crippen molar-refractivity contribution in [1.29, 1.82) is 0 Å². The summed E-state index contributed by atoms with van der Waals surface area (Å²) in [5.74, 6) is -0.132. The zero-order chi connectivity index (χ0) is 10.8. The molecule has 1 heterocycles. The molecular formula is C10H11N3OS. The zero-order valence-electron chi connectivity index (χ0n) is 8.06. The Morgan fingerprint density at radius 2 is 2.27 bits per heavy atom. The third-order valence-corrected chi connectivity index (χ3v) is 2.43. The van der Waals surface area contributed by atoms with Gasteiger partial charge in [0.15, 0.2) is 0 Å². The van der Waals surface area contributed by atoms with Crippen LogP contribution in [0.2, 0.25) is 0 Å². The molecule has 2 rings (SSSR count). The van der Waals surface area contributed by atoms with Crippen molar-refractivity contribution in [3.05, 3.63) is 29.6 Å². The fourth-order valence-electron chi connectivity index (χ4n) is 1.16. The Balaban J connectivity index is 2.08. The van der Waals surface area contributed by atoms with Crippen molar-refractivity contribution in [3.63, 3.8) is 0 Å². The highest BCUT2D eigenvalue weighted by atomic mass is 32.1. The van der Waals surface area contributed by atoms with Crippen LogP contribution in [0.25, 0.3) is 0 Å². The summed E-state index contributed by atoms with van der Waals surface area (Å²) in [7, 11) is 0. The van der Waals surface area contributed by atoms with Gasteiger partial charge in [0.25, 0.3) is 5.91 Å². The Labute approximate surface area is 92.9 Å². The van der Waals surface area contributed by atoms with Gasteiger partial charge in [-0.15, -0.1) is 0 Å². The summed E-state index contributed by atoms with van der Waals surface area (Å²) >= 11 is 4.79. The molecule has 1 aliphatic carbocycles. The number of amides is 1. The smallest absolute Gasteiger partial charge is 0.270 e. The molecule has 78 valence electrons. The first-order chi connectivity index (χ1) is 7.16. The number of hydrogen-bond acceptors (Lipinski definition) is 3. The number of nitrogens with zero attached hydrogens (tertiary/aromatic N) is 1. The zero-order valence-corrected chi connectivity index (χ0v) is 8.88. The van der Waals surface area contributed by atoms with Crippen LogP contribution in [0.3, 0.4) is 0 Å². The monoisotopic (exact) mass is 221 g/mol. The van der Waals surface area contributed by atoms with Crippen LogP contribution in [-0.4, -0.2) is 21.9 Å². The average Bonchev–Trinajstić information content (AvgIpc) is 3.02. The van der Waals surface area contributed by atoms with Crippen molar-refractivity contribution in [2.24, 2.45) is 5.73 Å². The lowest BCUT2D eigenvalue weighted by Crippen LogP contribution is -2.26. The van der Waals surface area contributed by atoms with E-state index in [0.29, 0.717) is 17.3 Å². The first-order valence-electron chi connectivity index (χ1n) is 4.73. The van der Waals surface area contributed by atoms with E-state index in [1.165, 1.54) is 6.20 Å². The Morgan fingerprint density at radius 1 is 1.53 bits per heavy atom. The van der Waals surface area contributed by atoms with Crippen LogP contribution in [0.5, 0.6) is 0 Å². The van der Waals surface area contributed by atoms with E-state index < -0.39 is 0 Å². The summed E-state index contributed by atoms with van der Waals surface area (Å²) in [4.78, 5) is 15.8. The van der Waals surface area contributed by atoms with Gasteiger partial charge in [-0.2, -0.15) is 0 Å². The van der Waals surface area contributed by atoms with Gasteiger partial charge < -0.3 is 11.1 Å². The van der Waals surface area contributed by atoms with Crippen molar-refractivity contribution in [2.45, 2.75) is 18.9 Å². The lowest BCUT2D eigenvalue weighted by atomic mass is 10.2. The minimum Gasteiger partial charge on any atom is -0.389 e. The van der Waals surface area contributed by atoms with Gasteiger partial charge in [-0.05, 0) is 25.0 Å². The summed E-state index contributed by atoms with van der Waals surface area (Å²) in [5, 5.41) is 2.85. The fourth-order valence-corrected chi connectivity index (χ4v) is 1.28. The third-order valence-electron chi connectivity index (χ3n) is 2.19. The van der Waals surface area contributed by atoms with Gasteiger partial charge in [0.05, 0.1) is 0 Å². The highest BCUT2D eigenvalue weighted by Gasteiger charge is 2.24. The van der Waals surface area contributed by atoms with Crippen molar-refractivity contribution in [2.75, 3.05) is 0 Å². The number of thiocarbonyl (C=S) groups is 1. The van der Waals surface area contributed by atoms with Gasteiger partial charge in [0, 0.05) is 17.8 Å². The lowest BCUT2D eigenvalue weighted by molar-refractivity contribution is 0.0946. The molecular weight excluding hydrogens is 210 g/mol. The second-order valence-electron chi connectivity index (χ2n) is 3.54. The maximum Gasteiger partial charge on any atom is 0.270 e. The number of hydrogen-bond donors (Lipinski definition) is 2. The Kier molecular flexibility index (Phi) is 2.64. The summed E-state index contributed by atoms with van der Waals surface area (Å²) in [6, 6.07) is 3.68.